The minimum atomic E-state index is -0.318. The number of carbonyl (C=O) groups excluding carboxylic acids is 1. The van der Waals surface area contributed by atoms with Crippen LogP contribution < -0.4 is 0 Å². The Labute approximate surface area is 163 Å². The molecule has 0 aliphatic carbocycles. The Hall–Kier alpha value is -2.66. The van der Waals surface area contributed by atoms with Gasteiger partial charge in [0.25, 0.3) is 5.91 Å². The topological polar surface area (TPSA) is 39.3 Å². The van der Waals surface area contributed by atoms with Crippen LogP contribution in [0.25, 0.3) is 10.9 Å². The van der Waals surface area contributed by atoms with Crippen LogP contribution in [0.5, 0.6) is 0 Å². The van der Waals surface area contributed by atoms with E-state index in [-0.39, 0.29) is 17.8 Å². The summed E-state index contributed by atoms with van der Waals surface area (Å²) in [6.07, 6.45) is 2.96. The molecule has 0 bridgehead atoms. The van der Waals surface area contributed by atoms with E-state index in [0.717, 1.165) is 32.4 Å². The van der Waals surface area contributed by atoms with Gasteiger partial charge in [-0.3, -0.25) is 9.69 Å². The maximum atomic E-state index is 13.2. The normalized spacial score (nSPS) is 21.9. The summed E-state index contributed by atoms with van der Waals surface area (Å²) >= 11 is 0. The van der Waals surface area contributed by atoms with Crippen LogP contribution in [0.4, 0.5) is 4.39 Å². The Morgan fingerprint density at radius 1 is 1.14 bits per heavy atom. The highest BCUT2D eigenvalue weighted by molar-refractivity contribution is 5.94. The van der Waals surface area contributed by atoms with Crippen molar-refractivity contribution in [1.29, 1.82) is 0 Å². The number of aromatic amines is 1. The van der Waals surface area contributed by atoms with Gasteiger partial charge in [-0.15, -0.1) is 0 Å². The molecule has 0 radical (unpaired) electrons. The van der Waals surface area contributed by atoms with Gasteiger partial charge in [-0.05, 0) is 55.2 Å². The molecular formula is C23H24FN3O. The van der Waals surface area contributed by atoms with Gasteiger partial charge in [-0.2, -0.15) is 0 Å². The van der Waals surface area contributed by atoms with Crippen molar-refractivity contribution in [3.05, 3.63) is 71.2 Å². The fraction of sp³-hybridized carbons (Fsp3) is 0.348. The number of nitrogens with one attached hydrogen (secondary N) is 1. The van der Waals surface area contributed by atoms with Gasteiger partial charge < -0.3 is 9.88 Å². The van der Waals surface area contributed by atoms with Gasteiger partial charge in [-0.1, -0.05) is 18.2 Å². The first kappa shape index (κ1) is 17.4. The number of fused-ring (bicyclic) bond motifs is 5. The molecule has 2 atom stereocenters. The summed E-state index contributed by atoms with van der Waals surface area (Å²) in [6.45, 7) is 2.06. The van der Waals surface area contributed by atoms with Crippen LogP contribution in [0.1, 0.15) is 40.5 Å². The molecule has 1 saturated heterocycles. The molecule has 2 aliphatic rings. The van der Waals surface area contributed by atoms with E-state index in [0.29, 0.717) is 11.6 Å². The number of aromatic nitrogens is 1. The molecule has 4 nitrogen and oxygen atoms in total. The summed E-state index contributed by atoms with van der Waals surface area (Å²) in [6, 6.07) is 14.8. The monoisotopic (exact) mass is 377 g/mol. The number of amides is 1. The third-order valence-corrected chi connectivity index (χ3v) is 6.47. The lowest BCUT2D eigenvalue weighted by molar-refractivity contribution is 0.0496. The number of rotatable bonds is 2. The zero-order chi connectivity index (χ0) is 19.3. The Bertz CT molecular complexity index is 1030. The molecule has 144 valence electrons. The van der Waals surface area contributed by atoms with E-state index in [1.165, 1.54) is 34.3 Å². The predicted molar refractivity (Wildman–Crippen MR) is 108 cm³/mol. The third-order valence-electron chi connectivity index (χ3n) is 6.47. The zero-order valence-electron chi connectivity index (χ0n) is 16.0. The molecule has 3 aromatic rings. The molecule has 5 rings (SSSR count). The number of hydrogen-bond acceptors (Lipinski definition) is 2. The number of piperidine rings is 1. The minimum absolute atomic E-state index is 0.0360. The Balaban J connectivity index is 1.41. The van der Waals surface area contributed by atoms with Gasteiger partial charge in [0.1, 0.15) is 5.82 Å². The second kappa shape index (κ2) is 6.74. The number of hydrogen-bond donors (Lipinski definition) is 1. The average molecular weight is 377 g/mol. The van der Waals surface area contributed by atoms with Crippen molar-refractivity contribution in [2.24, 2.45) is 0 Å². The van der Waals surface area contributed by atoms with Crippen molar-refractivity contribution < 1.29 is 9.18 Å². The highest BCUT2D eigenvalue weighted by Crippen LogP contribution is 2.40. The van der Waals surface area contributed by atoms with Crippen LogP contribution in [0.15, 0.2) is 48.5 Å². The summed E-state index contributed by atoms with van der Waals surface area (Å²) in [4.78, 5) is 20.9. The maximum absolute atomic E-state index is 13.2. The maximum Gasteiger partial charge on any atom is 0.253 e. The zero-order valence-corrected chi connectivity index (χ0v) is 16.0. The molecule has 1 N–H and O–H groups in total. The van der Waals surface area contributed by atoms with Crippen molar-refractivity contribution >= 4 is 16.8 Å². The Kier molecular flexibility index (Phi) is 4.20. The standard InChI is InChI=1S/C23H24FN3O/c1-26(23(28)15-6-8-16(24)9-7-15)17-10-12-27-13-11-19-18-4-2-3-5-20(18)25-22(19)21(27)14-17/h2-9,17,21,25H,10-14H2,1H3/t17?,21-/m0/s1. The first-order chi connectivity index (χ1) is 13.6. The van der Waals surface area contributed by atoms with Crippen molar-refractivity contribution in [2.45, 2.75) is 31.3 Å². The number of nitrogens with zero attached hydrogens (tertiary/aromatic N) is 2. The minimum Gasteiger partial charge on any atom is -0.357 e. The largest absolute Gasteiger partial charge is 0.357 e. The van der Waals surface area contributed by atoms with E-state index in [1.54, 1.807) is 12.1 Å². The number of H-pyrrole nitrogens is 1. The molecule has 1 fully saturated rings. The predicted octanol–water partition coefficient (Wildman–Crippen LogP) is 4.14. The molecule has 3 heterocycles. The molecule has 2 aromatic carbocycles. The highest BCUT2D eigenvalue weighted by atomic mass is 19.1. The fourth-order valence-electron chi connectivity index (χ4n) is 4.91. The van der Waals surface area contributed by atoms with Crippen molar-refractivity contribution in [2.75, 3.05) is 20.1 Å². The molecule has 0 spiro atoms. The lowest BCUT2D eigenvalue weighted by Crippen LogP contribution is -2.49. The van der Waals surface area contributed by atoms with Gasteiger partial charge in [0.15, 0.2) is 0 Å². The van der Waals surface area contributed by atoms with Gasteiger partial charge in [0, 0.05) is 48.3 Å². The van der Waals surface area contributed by atoms with E-state index in [1.807, 2.05) is 11.9 Å². The van der Waals surface area contributed by atoms with Crippen molar-refractivity contribution in [1.82, 2.24) is 14.8 Å². The van der Waals surface area contributed by atoms with E-state index in [4.69, 9.17) is 0 Å². The van der Waals surface area contributed by atoms with E-state index in [9.17, 15) is 9.18 Å². The SMILES string of the molecule is CN(C(=O)c1ccc(F)cc1)C1CCN2CCc3c([nH]c4ccccc34)[C@@H]2C1. The van der Waals surface area contributed by atoms with Crippen LogP contribution >= 0.6 is 0 Å². The van der Waals surface area contributed by atoms with E-state index < -0.39 is 0 Å². The summed E-state index contributed by atoms with van der Waals surface area (Å²) in [5, 5.41) is 1.33. The molecule has 1 amide bonds. The van der Waals surface area contributed by atoms with Crippen LogP contribution in [0.2, 0.25) is 0 Å². The van der Waals surface area contributed by atoms with E-state index >= 15 is 0 Å². The van der Waals surface area contributed by atoms with Crippen LogP contribution in [0, 0.1) is 5.82 Å². The molecular weight excluding hydrogens is 353 g/mol. The smallest absolute Gasteiger partial charge is 0.253 e. The first-order valence-electron chi connectivity index (χ1n) is 9.98. The Morgan fingerprint density at radius 2 is 1.93 bits per heavy atom. The molecule has 1 unspecified atom stereocenters. The highest BCUT2D eigenvalue weighted by Gasteiger charge is 2.37. The first-order valence-corrected chi connectivity index (χ1v) is 9.98. The van der Waals surface area contributed by atoms with Gasteiger partial charge in [0.05, 0.1) is 6.04 Å². The second-order valence-electron chi connectivity index (χ2n) is 7.97. The Morgan fingerprint density at radius 3 is 2.75 bits per heavy atom. The van der Waals surface area contributed by atoms with Crippen LogP contribution in [-0.4, -0.2) is 46.9 Å². The number of halogens is 1. The van der Waals surface area contributed by atoms with Gasteiger partial charge >= 0.3 is 0 Å². The van der Waals surface area contributed by atoms with Crippen molar-refractivity contribution in [3.8, 4) is 0 Å². The van der Waals surface area contributed by atoms with Gasteiger partial charge in [0.2, 0.25) is 0 Å². The molecule has 2 aliphatic heterocycles. The molecule has 5 heteroatoms. The third kappa shape index (κ3) is 2.81. The average Bonchev–Trinajstić information content (AvgIpc) is 3.12. The summed E-state index contributed by atoms with van der Waals surface area (Å²) in [7, 11) is 1.88. The number of carbonyl (C=O) groups is 1. The van der Waals surface area contributed by atoms with Gasteiger partial charge in [-0.25, -0.2) is 4.39 Å². The fourth-order valence-corrected chi connectivity index (χ4v) is 4.91. The molecule has 1 aromatic heterocycles. The number of para-hydroxylation sites is 1. The summed E-state index contributed by atoms with van der Waals surface area (Å²) in [5.41, 5.74) is 4.50. The quantitative estimate of drug-likeness (QED) is 0.729. The summed E-state index contributed by atoms with van der Waals surface area (Å²) in [5.74, 6) is -0.354. The lowest BCUT2D eigenvalue weighted by atomic mass is 9.87. The molecule has 0 saturated carbocycles. The number of benzene rings is 2. The lowest BCUT2D eigenvalue weighted by Gasteiger charge is -2.44. The second-order valence-corrected chi connectivity index (χ2v) is 7.97. The van der Waals surface area contributed by atoms with Crippen molar-refractivity contribution in [3.63, 3.8) is 0 Å². The summed E-state index contributed by atoms with van der Waals surface area (Å²) < 4.78 is 13.2. The molecule has 28 heavy (non-hydrogen) atoms. The van der Waals surface area contributed by atoms with Crippen LogP contribution in [-0.2, 0) is 6.42 Å². The van der Waals surface area contributed by atoms with Crippen LogP contribution in [0.3, 0.4) is 0 Å². The van der Waals surface area contributed by atoms with E-state index in [2.05, 4.69) is 34.1 Å².